The van der Waals surface area contributed by atoms with E-state index >= 15 is 0 Å². The van der Waals surface area contributed by atoms with Crippen LogP contribution in [0, 0.1) is 5.82 Å². The van der Waals surface area contributed by atoms with Gasteiger partial charge in [-0.25, -0.2) is 18.7 Å². The van der Waals surface area contributed by atoms with E-state index in [1.807, 2.05) is 0 Å². The van der Waals surface area contributed by atoms with E-state index in [0.717, 1.165) is 0 Å². The van der Waals surface area contributed by atoms with Crippen molar-refractivity contribution in [3.8, 4) is 11.3 Å². The number of rotatable bonds is 2. The first kappa shape index (κ1) is 12.6. The maximum Gasteiger partial charge on any atom is 0.356 e. The Morgan fingerprint density at radius 2 is 2.10 bits per heavy atom. The molecule has 3 aromatic rings. The summed E-state index contributed by atoms with van der Waals surface area (Å²) < 4.78 is 14.6. The Bertz CT molecular complexity index is 832. The number of aromatic nitrogens is 3. The highest BCUT2D eigenvalue weighted by atomic mass is 35.5. The minimum Gasteiger partial charge on any atom is -0.476 e. The van der Waals surface area contributed by atoms with E-state index in [9.17, 15) is 9.18 Å². The lowest BCUT2D eigenvalue weighted by Gasteiger charge is -2.05. The molecule has 1 aromatic carbocycles. The van der Waals surface area contributed by atoms with Gasteiger partial charge in [0, 0.05) is 17.8 Å². The fourth-order valence-electron chi connectivity index (χ4n) is 1.87. The lowest BCUT2D eigenvalue weighted by atomic mass is 10.1. The van der Waals surface area contributed by atoms with Gasteiger partial charge < -0.3 is 5.11 Å². The lowest BCUT2D eigenvalue weighted by Crippen LogP contribution is -1.99. The van der Waals surface area contributed by atoms with Crippen LogP contribution < -0.4 is 0 Å². The van der Waals surface area contributed by atoms with Gasteiger partial charge >= 0.3 is 5.97 Å². The lowest BCUT2D eigenvalue weighted by molar-refractivity contribution is 0.0690. The number of carboxylic acid groups (broad SMARTS) is 1. The molecule has 5 nitrogen and oxygen atoms in total. The minimum absolute atomic E-state index is 0.0157. The molecule has 0 amide bonds. The molecule has 7 heteroatoms. The number of hydrogen-bond acceptors (Lipinski definition) is 3. The van der Waals surface area contributed by atoms with Crippen molar-refractivity contribution in [1.82, 2.24) is 14.6 Å². The molecule has 0 bridgehead atoms. The van der Waals surface area contributed by atoms with Crippen molar-refractivity contribution in [1.29, 1.82) is 0 Å². The van der Waals surface area contributed by atoms with Crippen molar-refractivity contribution in [2.75, 3.05) is 0 Å². The van der Waals surface area contributed by atoms with Crippen molar-refractivity contribution < 1.29 is 14.3 Å². The van der Waals surface area contributed by atoms with Crippen molar-refractivity contribution >= 4 is 23.2 Å². The van der Waals surface area contributed by atoms with Crippen LogP contribution in [0.4, 0.5) is 4.39 Å². The first-order valence-electron chi connectivity index (χ1n) is 5.60. The van der Waals surface area contributed by atoms with Gasteiger partial charge in [0.2, 0.25) is 0 Å². The van der Waals surface area contributed by atoms with E-state index in [-0.39, 0.29) is 10.7 Å². The summed E-state index contributed by atoms with van der Waals surface area (Å²) in [5.74, 6) is -1.66. The Hall–Kier alpha value is -2.47. The Morgan fingerprint density at radius 3 is 2.80 bits per heavy atom. The summed E-state index contributed by atoms with van der Waals surface area (Å²) >= 11 is 5.76. The third-order valence-electron chi connectivity index (χ3n) is 2.79. The van der Waals surface area contributed by atoms with Crippen molar-refractivity contribution in [3.05, 3.63) is 53.1 Å². The number of halogens is 2. The highest BCUT2D eigenvalue weighted by Gasteiger charge is 2.13. The topological polar surface area (TPSA) is 67.5 Å². The van der Waals surface area contributed by atoms with Crippen molar-refractivity contribution in [2.24, 2.45) is 0 Å². The average molecular weight is 292 g/mol. The number of nitrogens with zero attached hydrogens (tertiary/aromatic N) is 3. The third-order valence-corrected chi connectivity index (χ3v) is 3.08. The van der Waals surface area contributed by atoms with Crippen LogP contribution in [0.15, 0.2) is 36.5 Å². The SMILES string of the molecule is O=C(O)c1cc2nccc(-c3ccc(F)c(Cl)c3)n2n1. The van der Waals surface area contributed by atoms with E-state index in [2.05, 4.69) is 10.1 Å². The molecule has 3 rings (SSSR count). The quantitative estimate of drug-likeness (QED) is 0.788. The first-order valence-corrected chi connectivity index (χ1v) is 5.97. The monoisotopic (exact) mass is 291 g/mol. The Kier molecular flexibility index (Phi) is 2.87. The summed E-state index contributed by atoms with van der Waals surface area (Å²) in [6.07, 6.45) is 1.52. The number of carbonyl (C=O) groups is 1. The molecule has 0 radical (unpaired) electrons. The van der Waals surface area contributed by atoms with E-state index in [0.29, 0.717) is 16.9 Å². The molecule has 1 N–H and O–H groups in total. The van der Waals surface area contributed by atoms with E-state index in [1.165, 1.54) is 35.0 Å². The van der Waals surface area contributed by atoms with Crippen LogP contribution in [0.2, 0.25) is 5.02 Å². The highest BCUT2D eigenvalue weighted by Crippen LogP contribution is 2.25. The molecule has 0 saturated carbocycles. The summed E-state index contributed by atoms with van der Waals surface area (Å²) in [7, 11) is 0. The number of hydrogen-bond donors (Lipinski definition) is 1. The molecule has 2 heterocycles. The summed E-state index contributed by atoms with van der Waals surface area (Å²) in [6.45, 7) is 0. The zero-order valence-electron chi connectivity index (χ0n) is 9.92. The minimum atomic E-state index is -1.14. The first-order chi connectivity index (χ1) is 9.56. The zero-order chi connectivity index (χ0) is 14.3. The molecule has 2 aromatic heterocycles. The molecule has 0 aliphatic carbocycles. The maximum atomic E-state index is 13.2. The number of fused-ring (bicyclic) bond motifs is 1. The highest BCUT2D eigenvalue weighted by molar-refractivity contribution is 6.31. The largest absolute Gasteiger partial charge is 0.476 e. The molecule has 0 atom stereocenters. The van der Waals surface area contributed by atoms with Gasteiger partial charge in [-0.3, -0.25) is 0 Å². The summed E-state index contributed by atoms with van der Waals surface area (Å²) in [4.78, 5) is 15.0. The number of carboxylic acids is 1. The molecule has 0 spiro atoms. The van der Waals surface area contributed by atoms with Gasteiger partial charge in [0.1, 0.15) is 5.82 Å². The molecule has 0 fully saturated rings. The molecule has 0 aliphatic heterocycles. The predicted octanol–water partition coefficient (Wildman–Crippen LogP) is 2.89. The van der Waals surface area contributed by atoms with Crippen LogP contribution in [0.3, 0.4) is 0 Å². The third kappa shape index (κ3) is 2.00. The van der Waals surface area contributed by atoms with Crippen LogP contribution in [-0.2, 0) is 0 Å². The summed E-state index contributed by atoms with van der Waals surface area (Å²) in [5, 5.41) is 12.9. The molecular formula is C13H7ClFN3O2. The summed E-state index contributed by atoms with van der Waals surface area (Å²) in [5.41, 5.74) is 1.46. The molecule has 0 unspecified atom stereocenters. The van der Waals surface area contributed by atoms with Crippen LogP contribution >= 0.6 is 11.6 Å². The van der Waals surface area contributed by atoms with Gasteiger partial charge in [0.15, 0.2) is 11.3 Å². The number of benzene rings is 1. The van der Waals surface area contributed by atoms with Crippen molar-refractivity contribution in [3.63, 3.8) is 0 Å². The molecule has 20 heavy (non-hydrogen) atoms. The van der Waals surface area contributed by atoms with E-state index < -0.39 is 11.8 Å². The van der Waals surface area contributed by atoms with E-state index in [1.54, 1.807) is 6.07 Å². The zero-order valence-corrected chi connectivity index (χ0v) is 10.7. The van der Waals surface area contributed by atoms with E-state index in [4.69, 9.17) is 16.7 Å². The van der Waals surface area contributed by atoms with Gasteiger partial charge in [-0.15, -0.1) is 0 Å². The van der Waals surface area contributed by atoms with Gasteiger partial charge in [-0.2, -0.15) is 5.10 Å². The maximum absolute atomic E-state index is 13.2. The fourth-order valence-corrected chi connectivity index (χ4v) is 2.05. The van der Waals surface area contributed by atoms with Crippen LogP contribution in [0.5, 0.6) is 0 Å². The van der Waals surface area contributed by atoms with Gasteiger partial charge in [-0.05, 0) is 24.3 Å². The van der Waals surface area contributed by atoms with Crippen LogP contribution in [0.25, 0.3) is 16.9 Å². The molecular weight excluding hydrogens is 285 g/mol. The second-order valence-electron chi connectivity index (χ2n) is 4.06. The molecule has 100 valence electrons. The number of aromatic carboxylic acids is 1. The van der Waals surface area contributed by atoms with Crippen molar-refractivity contribution in [2.45, 2.75) is 0 Å². The Morgan fingerprint density at radius 1 is 1.30 bits per heavy atom. The Labute approximate surface area is 117 Å². The smallest absolute Gasteiger partial charge is 0.356 e. The van der Waals surface area contributed by atoms with Crippen LogP contribution in [0.1, 0.15) is 10.5 Å². The second-order valence-corrected chi connectivity index (χ2v) is 4.47. The van der Waals surface area contributed by atoms with Gasteiger partial charge in [-0.1, -0.05) is 11.6 Å². The van der Waals surface area contributed by atoms with Gasteiger partial charge in [0.25, 0.3) is 0 Å². The Balaban J connectivity index is 2.24. The summed E-state index contributed by atoms with van der Waals surface area (Å²) in [6, 6.07) is 7.24. The standard InChI is InChI=1S/C13H7ClFN3O2/c14-8-5-7(1-2-9(8)15)11-3-4-16-12-6-10(13(19)20)17-18(11)12/h1-6H,(H,19,20). The average Bonchev–Trinajstić information content (AvgIpc) is 2.86. The predicted molar refractivity (Wildman–Crippen MR) is 70.4 cm³/mol. The normalized spacial score (nSPS) is 10.9. The molecule has 0 saturated heterocycles. The second kappa shape index (κ2) is 4.57. The fraction of sp³-hybridized carbons (Fsp3) is 0. The molecule has 0 aliphatic rings. The van der Waals surface area contributed by atoms with Gasteiger partial charge in [0.05, 0.1) is 10.7 Å². The van der Waals surface area contributed by atoms with Crippen LogP contribution in [-0.4, -0.2) is 25.7 Å².